The lowest BCUT2D eigenvalue weighted by Crippen LogP contribution is -2.54. The van der Waals surface area contributed by atoms with Crippen molar-refractivity contribution in [2.75, 3.05) is 20.8 Å². The summed E-state index contributed by atoms with van der Waals surface area (Å²) in [5, 5.41) is 5.46. The molecule has 1 saturated carbocycles. The summed E-state index contributed by atoms with van der Waals surface area (Å²) >= 11 is 0. The molecule has 7 rings (SSSR count). The van der Waals surface area contributed by atoms with Crippen molar-refractivity contribution in [1.29, 1.82) is 0 Å². The summed E-state index contributed by atoms with van der Waals surface area (Å²) in [5.41, 5.74) is 6.42. The van der Waals surface area contributed by atoms with Crippen LogP contribution in [0.3, 0.4) is 0 Å². The number of ether oxygens (including phenoxy) is 2. The standard InChI is InChI=1S/C45H54N8O6/c1-8-10-29-21-30(35-24-47-41(49-35)39-31-16-18-32(22-31)53(39)43(55)38(26(4)5)51-45(57)59-7)17-19-33(29)27-12-14-28(15-13-27)34-23-46-40(48-34)36-11-9-20-52(36)42(54)37(25(2)3)50-44(56)58-6/h12-15,17,19,21,23-26,31-32,36-39H,9,11,16,18,20,22H2,1-7H3,(H,46,48)(H,47,49)(H,50,56)(H,51,57)/t31-,32+,36-,37?,38-,39-/m0/s1. The van der Waals surface area contributed by atoms with Crippen molar-refractivity contribution in [2.45, 2.75) is 96.9 Å². The molecule has 6 atom stereocenters. The molecule has 2 saturated heterocycles. The van der Waals surface area contributed by atoms with Gasteiger partial charge in [0.25, 0.3) is 0 Å². The van der Waals surface area contributed by atoms with Crippen molar-refractivity contribution in [1.82, 2.24) is 40.4 Å². The van der Waals surface area contributed by atoms with Gasteiger partial charge >= 0.3 is 12.2 Å². The van der Waals surface area contributed by atoms with Crippen molar-refractivity contribution in [3.05, 3.63) is 72.1 Å². The second-order valence-electron chi connectivity index (χ2n) is 16.4. The number of piperidine rings is 1. The molecule has 2 aliphatic heterocycles. The number of fused-ring (bicyclic) bond motifs is 2. The van der Waals surface area contributed by atoms with Gasteiger partial charge in [-0.15, -0.1) is 5.92 Å². The van der Waals surface area contributed by atoms with Crippen LogP contribution in [-0.4, -0.2) is 92.6 Å². The first-order valence-electron chi connectivity index (χ1n) is 20.5. The predicted octanol–water partition coefficient (Wildman–Crippen LogP) is 6.98. The average Bonchev–Trinajstić information content (AvgIpc) is 4.10. The molecule has 3 aliphatic rings. The molecule has 0 radical (unpaired) electrons. The highest BCUT2D eigenvalue weighted by Gasteiger charge is 2.51. The molecule has 1 unspecified atom stereocenters. The fourth-order valence-electron chi connectivity index (χ4n) is 9.03. The lowest BCUT2D eigenvalue weighted by atomic mass is 9.95. The fourth-order valence-corrected chi connectivity index (χ4v) is 9.03. The van der Waals surface area contributed by atoms with Crippen LogP contribution in [0.4, 0.5) is 9.59 Å². The summed E-state index contributed by atoms with van der Waals surface area (Å²) in [5.74, 6) is 7.62. The highest BCUT2D eigenvalue weighted by Crippen LogP contribution is 2.50. The van der Waals surface area contributed by atoms with Crippen molar-refractivity contribution >= 4 is 24.0 Å². The molecule has 2 aromatic heterocycles. The highest BCUT2D eigenvalue weighted by atomic mass is 16.5. The Bertz CT molecular complexity index is 2250. The number of hydrogen-bond acceptors (Lipinski definition) is 8. The lowest BCUT2D eigenvalue weighted by molar-refractivity contribution is -0.139. The van der Waals surface area contributed by atoms with Crippen molar-refractivity contribution in [3.63, 3.8) is 0 Å². The van der Waals surface area contributed by atoms with E-state index in [0.717, 1.165) is 77.1 Å². The Morgan fingerprint density at radius 1 is 0.780 bits per heavy atom. The van der Waals surface area contributed by atoms with Gasteiger partial charge in [-0.05, 0) is 79.5 Å². The van der Waals surface area contributed by atoms with Crippen LogP contribution in [0.25, 0.3) is 33.6 Å². The smallest absolute Gasteiger partial charge is 0.407 e. The van der Waals surface area contributed by atoms with E-state index in [9.17, 15) is 19.2 Å². The van der Waals surface area contributed by atoms with E-state index in [1.165, 1.54) is 14.2 Å². The zero-order chi connectivity index (χ0) is 42.0. The molecule has 4 aromatic rings. The number of alkyl carbamates (subject to hydrolysis) is 2. The number of rotatable bonds is 11. The van der Waals surface area contributed by atoms with E-state index in [-0.39, 0.29) is 47.7 Å². The van der Waals surface area contributed by atoms with Crippen LogP contribution in [0, 0.1) is 29.6 Å². The van der Waals surface area contributed by atoms with Gasteiger partial charge in [0.1, 0.15) is 23.7 Å². The zero-order valence-corrected chi connectivity index (χ0v) is 34.8. The minimum absolute atomic E-state index is 0.105. The van der Waals surface area contributed by atoms with Crippen LogP contribution < -0.4 is 10.6 Å². The number of likely N-dealkylation sites (tertiary alicyclic amines) is 2. The third kappa shape index (κ3) is 8.28. The Kier molecular flexibility index (Phi) is 12.1. The van der Waals surface area contributed by atoms with E-state index < -0.39 is 24.3 Å². The summed E-state index contributed by atoms with van der Waals surface area (Å²) in [7, 11) is 2.59. The van der Waals surface area contributed by atoms with Crippen LogP contribution >= 0.6 is 0 Å². The molecule has 0 spiro atoms. The molecule has 3 fully saturated rings. The van der Waals surface area contributed by atoms with Crippen molar-refractivity contribution in [3.8, 4) is 45.5 Å². The number of aromatic nitrogens is 4. The Hall–Kier alpha value is -6.10. The SMILES string of the molecule is CC#Cc1cc(-c2cnc([C@@H]3[C@H]4CC[C@H](C4)N3C(=O)[C@@H](NC(=O)OC)C(C)C)[nH]2)ccc1-c1ccc(-c2cnc([C@@H]3CCCN3C(=O)C(NC(=O)OC)C(C)C)[nH]2)cc1. The van der Waals surface area contributed by atoms with Gasteiger partial charge in [-0.2, -0.15) is 0 Å². The molecule has 4 amide bonds. The van der Waals surface area contributed by atoms with E-state index >= 15 is 0 Å². The first-order valence-corrected chi connectivity index (χ1v) is 20.5. The summed E-state index contributed by atoms with van der Waals surface area (Å²) < 4.78 is 9.60. The van der Waals surface area contributed by atoms with Gasteiger partial charge in [0.05, 0.1) is 50.1 Å². The molecule has 14 heteroatoms. The zero-order valence-electron chi connectivity index (χ0n) is 34.8. The maximum absolute atomic E-state index is 14.0. The molecule has 2 aromatic carbocycles. The van der Waals surface area contributed by atoms with Gasteiger partial charge in [0, 0.05) is 23.7 Å². The highest BCUT2D eigenvalue weighted by molar-refractivity contribution is 5.87. The third-order valence-electron chi connectivity index (χ3n) is 12.0. The fraction of sp³-hybridized carbons (Fsp3) is 0.467. The minimum atomic E-state index is -0.700. The molecule has 59 heavy (non-hydrogen) atoms. The Morgan fingerprint density at radius 2 is 1.37 bits per heavy atom. The molecule has 2 bridgehead atoms. The number of amides is 4. The molecular weight excluding hydrogens is 749 g/mol. The summed E-state index contributed by atoms with van der Waals surface area (Å²) in [6.45, 7) is 10.0. The average molecular weight is 803 g/mol. The maximum Gasteiger partial charge on any atom is 0.407 e. The number of benzene rings is 2. The predicted molar refractivity (Wildman–Crippen MR) is 222 cm³/mol. The topological polar surface area (TPSA) is 175 Å². The molecule has 310 valence electrons. The number of aromatic amines is 2. The first kappa shape index (κ1) is 41.1. The van der Waals surface area contributed by atoms with E-state index in [1.807, 2.05) is 57.8 Å². The van der Waals surface area contributed by atoms with E-state index in [0.29, 0.717) is 12.4 Å². The van der Waals surface area contributed by atoms with E-state index in [2.05, 4.69) is 62.8 Å². The molecule has 4 N–H and O–H groups in total. The van der Waals surface area contributed by atoms with Gasteiger partial charge in [-0.1, -0.05) is 70.0 Å². The van der Waals surface area contributed by atoms with Gasteiger partial charge < -0.3 is 39.9 Å². The third-order valence-corrected chi connectivity index (χ3v) is 12.0. The summed E-state index contributed by atoms with van der Waals surface area (Å²) in [4.78, 5) is 72.0. The quantitative estimate of drug-likeness (QED) is 0.118. The van der Waals surface area contributed by atoms with E-state index in [4.69, 9.17) is 19.4 Å². The van der Waals surface area contributed by atoms with Gasteiger partial charge in [-0.25, -0.2) is 19.6 Å². The van der Waals surface area contributed by atoms with Gasteiger partial charge in [0.15, 0.2) is 0 Å². The Balaban J connectivity index is 1.08. The number of hydrogen-bond donors (Lipinski definition) is 4. The van der Waals surface area contributed by atoms with Crippen LogP contribution in [0.1, 0.15) is 96.0 Å². The molecule has 1 aliphatic carbocycles. The van der Waals surface area contributed by atoms with Crippen LogP contribution in [0.2, 0.25) is 0 Å². The van der Waals surface area contributed by atoms with E-state index in [1.54, 1.807) is 11.1 Å². The second kappa shape index (κ2) is 17.4. The first-order chi connectivity index (χ1) is 28.4. The number of imidazole rings is 2. The second-order valence-corrected chi connectivity index (χ2v) is 16.4. The molecule has 14 nitrogen and oxygen atoms in total. The van der Waals surface area contributed by atoms with Crippen LogP contribution in [-0.2, 0) is 19.1 Å². The normalized spacial score (nSPS) is 20.6. The summed E-state index contributed by atoms with van der Waals surface area (Å²) in [6.07, 6.45) is 6.86. The summed E-state index contributed by atoms with van der Waals surface area (Å²) in [6, 6.07) is 12.7. The lowest BCUT2D eigenvalue weighted by Gasteiger charge is -2.37. The Morgan fingerprint density at radius 3 is 2.02 bits per heavy atom. The van der Waals surface area contributed by atoms with Gasteiger partial charge in [0.2, 0.25) is 11.8 Å². The molecular formula is C45H54N8O6. The van der Waals surface area contributed by atoms with Crippen molar-refractivity contribution < 1.29 is 28.7 Å². The van der Waals surface area contributed by atoms with Gasteiger partial charge in [-0.3, -0.25) is 9.59 Å². The number of nitrogens with zero attached hydrogens (tertiary/aromatic N) is 4. The monoisotopic (exact) mass is 802 g/mol. The van der Waals surface area contributed by atoms with Crippen LogP contribution in [0.15, 0.2) is 54.9 Å². The number of carbonyl (C=O) groups excluding carboxylic acids is 4. The van der Waals surface area contributed by atoms with Crippen LogP contribution in [0.5, 0.6) is 0 Å². The number of methoxy groups -OCH3 is 2. The largest absolute Gasteiger partial charge is 0.453 e. The Labute approximate surface area is 345 Å². The number of nitrogens with one attached hydrogen (secondary N) is 4. The van der Waals surface area contributed by atoms with Crippen molar-refractivity contribution in [2.24, 2.45) is 17.8 Å². The number of H-pyrrole nitrogens is 2. The number of carbonyl (C=O) groups is 4. The minimum Gasteiger partial charge on any atom is -0.453 e. The maximum atomic E-state index is 14.0. The molecule has 4 heterocycles.